The molecule has 124 valence electrons. The molecule has 4 heteroatoms. The SMILES string of the molecule is C[C@]1(c2ccccc2)CCC(=O)N(CCCN2CCCC2=O)C1. The minimum Gasteiger partial charge on any atom is -0.343 e. The maximum absolute atomic E-state index is 12.3. The second-order valence-electron chi connectivity index (χ2n) is 7.08. The van der Waals surface area contributed by atoms with Crippen molar-refractivity contribution in [2.24, 2.45) is 0 Å². The highest BCUT2D eigenvalue weighted by molar-refractivity contribution is 5.78. The fourth-order valence-corrected chi connectivity index (χ4v) is 3.80. The van der Waals surface area contributed by atoms with Crippen LogP contribution in [0.1, 0.15) is 44.6 Å². The number of benzene rings is 1. The summed E-state index contributed by atoms with van der Waals surface area (Å²) in [5.41, 5.74) is 1.35. The van der Waals surface area contributed by atoms with Gasteiger partial charge in [0.2, 0.25) is 11.8 Å². The second kappa shape index (κ2) is 6.73. The molecule has 2 aliphatic rings. The van der Waals surface area contributed by atoms with Gasteiger partial charge in [0.1, 0.15) is 0 Å². The van der Waals surface area contributed by atoms with Crippen molar-refractivity contribution < 1.29 is 9.59 Å². The Hall–Kier alpha value is -1.84. The van der Waals surface area contributed by atoms with Gasteiger partial charge in [-0.15, -0.1) is 0 Å². The molecule has 0 aromatic heterocycles. The first-order chi connectivity index (χ1) is 11.1. The molecule has 1 aromatic carbocycles. The summed E-state index contributed by atoms with van der Waals surface area (Å²) in [5.74, 6) is 0.523. The lowest BCUT2D eigenvalue weighted by atomic mass is 9.75. The second-order valence-corrected chi connectivity index (χ2v) is 7.08. The van der Waals surface area contributed by atoms with Gasteiger partial charge in [-0.05, 0) is 24.8 Å². The molecule has 2 heterocycles. The molecule has 1 atom stereocenters. The molecule has 0 unspecified atom stereocenters. The predicted octanol–water partition coefficient (Wildman–Crippen LogP) is 2.58. The van der Waals surface area contributed by atoms with E-state index in [1.165, 1.54) is 5.56 Å². The van der Waals surface area contributed by atoms with Gasteiger partial charge in [-0.2, -0.15) is 0 Å². The van der Waals surface area contributed by atoms with Crippen LogP contribution in [-0.4, -0.2) is 47.8 Å². The number of hydrogen-bond acceptors (Lipinski definition) is 2. The maximum Gasteiger partial charge on any atom is 0.222 e. The van der Waals surface area contributed by atoms with Crippen LogP contribution >= 0.6 is 0 Å². The van der Waals surface area contributed by atoms with Crippen molar-refractivity contribution in [1.29, 1.82) is 0 Å². The summed E-state index contributed by atoms with van der Waals surface area (Å²) >= 11 is 0. The normalized spacial score (nSPS) is 25.3. The molecule has 0 spiro atoms. The Labute approximate surface area is 138 Å². The summed E-state index contributed by atoms with van der Waals surface area (Å²) in [4.78, 5) is 27.8. The van der Waals surface area contributed by atoms with E-state index in [9.17, 15) is 9.59 Å². The quantitative estimate of drug-likeness (QED) is 0.838. The summed E-state index contributed by atoms with van der Waals surface area (Å²) in [6, 6.07) is 10.5. The average Bonchev–Trinajstić information content (AvgIpc) is 2.97. The first-order valence-electron chi connectivity index (χ1n) is 8.70. The molecule has 1 aromatic rings. The van der Waals surface area contributed by atoms with Crippen LogP contribution in [0.2, 0.25) is 0 Å². The van der Waals surface area contributed by atoms with Crippen LogP contribution in [0.25, 0.3) is 0 Å². The standard InChI is InChI=1S/C19H26N2O2/c1-19(16-7-3-2-4-8-16)11-10-18(23)21(15-19)14-6-13-20-12-5-9-17(20)22/h2-4,7-8H,5-6,9-15H2,1H3/t19-/m0/s1. The molecular formula is C19H26N2O2. The van der Waals surface area contributed by atoms with Gasteiger partial charge in [-0.1, -0.05) is 37.3 Å². The third kappa shape index (κ3) is 3.57. The summed E-state index contributed by atoms with van der Waals surface area (Å²) in [7, 11) is 0. The van der Waals surface area contributed by atoms with Gasteiger partial charge in [0.25, 0.3) is 0 Å². The van der Waals surface area contributed by atoms with Gasteiger partial charge in [0.05, 0.1) is 0 Å². The van der Waals surface area contributed by atoms with Crippen LogP contribution < -0.4 is 0 Å². The van der Waals surface area contributed by atoms with Gasteiger partial charge in [-0.25, -0.2) is 0 Å². The molecule has 0 saturated carbocycles. The zero-order valence-corrected chi connectivity index (χ0v) is 14.0. The Morgan fingerprint density at radius 2 is 1.70 bits per heavy atom. The highest BCUT2D eigenvalue weighted by Crippen LogP contribution is 2.34. The maximum atomic E-state index is 12.3. The third-order valence-electron chi connectivity index (χ3n) is 5.28. The van der Waals surface area contributed by atoms with E-state index in [0.717, 1.165) is 45.4 Å². The number of carbonyl (C=O) groups is 2. The van der Waals surface area contributed by atoms with Crippen molar-refractivity contribution in [1.82, 2.24) is 9.80 Å². The van der Waals surface area contributed by atoms with Crippen LogP contribution in [0, 0.1) is 0 Å². The van der Waals surface area contributed by atoms with E-state index in [0.29, 0.717) is 12.8 Å². The Balaban J connectivity index is 1.58. The Kier molecular flexibility index (Phi) is 4.69. The number of rotatable bonds is 5. The zero-order valence-electron chi connectivity index (χ0n) is 14.0. The highest BCUT2D eigenvalue weighted by Gasteiger charge is 2.36. The molecule has 4 nitrogen and oxygen atoms in total. The largest absolute Gasteiger partial charge is 0.343 e. The van der Waals surface area contributed by atoms with E-state index in [4.69, 9.17) is 0 Å². The smallest absolute Gasteiger partial charge is 0.222 e. The molecule has 23 heavy (non-hydrogen) atoms. The number of hydrogen-bond donors (Lipinski definition) is 0. The van der Waals surface area contributed by atoms with E-state index < -0.39 is 0 Å². The molecule has 2 saturated heterocycles. The van der Waals surface area contributed by atoms with Gasteiger partial charge in [-0.3, -0.25) is 9.59 Å². The molecule has 0 radical (unpaired) electrons. The summed E-state index contributed by atoms with van der Waals surface area (Å²) in [6.07, 6.45) is 4.08. The first kappa shape index (κ1) is 16.0. The molecule has 0 bridgehead atoms. The monoisotopic (exact) mass is 314 g/mol. The van der Waals surface area contributed by atoms with E-state index in [-0.39, 0.29) is 17.2 Å². The average molecular weight is 314 g/mol. The Morgan fingerprint density at radius 1 is 1.00 bits per heavy atom. The fourth-order valence-electron chi connectivity index (χ4n) is 3.80. The van der Waals surface area contributed by atoms with Gasteiger partial charge < -0.3 is 9.80 Å². The first-order valence-corrected chi connectivity index (χ1v) is 8.70. The molecule has 2 aliphatic heterocycles. The number of amides is 2. The van der Waals surface area contributed by atoms with Gasteiger partial charge >= 0.3 is 0 Å². The van der Waals surface area contributed by atoms with E-state index in [2.05, 4.69) is 31.2 Å². The van der Waals surface area contributed by atoms with Crippen LogP contribution in [0.4, 0.5) is 0 Å². The number of carbonyl (C=O) groups excluding carboxylic acids is 2. The molecule has 0 aliphatic carbocycles. The summed E-state index contributed by atoms with van der Waals surface area (Å²) in [5, 5.41) is 0. The topological polar surface area (TPSA) is 40.6 Å². The van der Waals surface area contributed by atoms with E-state index in [1.54, 1.807) is 0 Å². The van der Waals surface area contributed by atoms with Gasteiger partial charge in [0, 0.05) is 44.4 Å². The number of likely N-dealkylation sites (tertiary alicyclic amines) is 2. The van der Waals surface area contributed by atoms with Crippen LogP contribution in [0.15, 0.2) is 30.3 Å². The Bertz CT molecular complexity index is 572. The molecule has 2 amide bonds. The van der Waals surface area contributed by atoms with E-state index >= 15 is 0 Å². The lowest BCUT2D eigenvalue weighted by Gasteiger charge is -2.41. The van der Waals surface area contributed by atoms with Crippen LogP contribution in [-0.2, 0) is 15.0 Å². The van der Waals surface area contributed by atoms with Crippen molar-refractivity contribution in [2.75, 3.05) is 26.2 Å². The minimum atomic E-state index is 0.0403. The molecule has 0 N–H and O–H groups in total. The zero-order chi connectivity index (χ0) is 16.3. The van der Waals surface area contributed by atoms with Crippen molar-refractivity contribution in [2.45, 2.75) is 44.4 Å². The third-order valence-corrected chi connectivity index (χ3v) is 5.28. The van der Waals surface area contributed by atoms with Gasteiger partial charge in [0.15, 0.2) is 0 Å². The van der Waals surface area contributed by atoms with Crippen molar-refractivity contribution in [3.63, 3.8) is 0 Å². The molecule has 3 rings (SSSR count). The highest BCUT2D eigenvalue weighted by atomic mass is 16.2. The summed E-state index contributed by atoms with van der Waals surface area (Å²) in [6.45, 7) is 5.46. The molecular weight excluding hydrogens is 288 g/mol. The van der Waals surface area contributed by atoms with Crippen molar-refractivity contribution in [3.05, 3.63) is 35.9 Å². The minimum absolute atomic E-state index is 0.0403. The van der Waals surface area contributed by atoms with Crippen LogP contribution in [0.5, 0.6) is 0 Å². The number of piperidine rings is 1. The van der Waals surface area contributed by atoms with Crippen LogP contribution in [0.3, 0.4) is 0 Å². The predicted molar refractivity (Wildman–Crippen MR) is 90.0 cm³/mol. The molecule has 2 fully saturated rings. The van der Waals surface area contributed by atoms with Crippen molar-refractivity contribution >= 4 is 11.8 Å². The van der Waals surface area contributed by atoms with E-state index in [1.807, 2.05) is 15.9 Å². The summed E-state index contributed by atoms with van der Waals surface area (Å²) < 4.78 is 0. The lowest BCUT2D eigenvalue weighted by molar-refractivity contribution is -0.135. The fraction of sp³-hybridized carbons (Fsp3) is 0.579. The van der Waals surface area contributed by atoms with Crippen molar-refractivity contribution in [3.8, 4) is 0 Å². The number of nitrogens with zero attached hydrogens (tertiary/aromatic N) is 2. The lowest BCUT2D eigenvalue weighted by Crippen LogP contribution is -2.48. The Morgan fingerprint density at radius 3 is 2.39 bits per heavy atom.